The molecule has 1 unspecified atom stereocenters. The lowest BCUT2D eigenvalue weighted by atomic mass is 9.59. The van der Waals surface area contributed by atoms with Crippen molar-refractivity contribution in [3.63, 3.8) is 0 Å². The molecule has 1 aromatic rings. The number of aromatic hydroxyl groups is 1. The summed E-state index contributed by atoms with van der Waals surface area (Å²) in [4.78, 5) is 42.4. The van der Waals surface area contributed by atoms with E-state index in [0.29, 0.717) is 12.1 Å². The van der Waals surface area contributed by atoms with E-state index in [4.69, 9.17) is 5.73 Å². The van der Waals surface area contributed by atoms with Gasteiger partial charge in [-0.05, 0) is 68.7 Å². The third-order valence-electron chi connectivity index (χ3n) is 8.97. The van der Waals surface area contributed by atoms with Crippen LogP contribution < -0.4 is 10.6 Å². The first-order valence-corrected chi connectivity index (χ1v) is 14.0. The van der Waals surface area contributed by atoms with Gasteiger partial charge in [-0.1, -0.05) is 20.8 Å². The molecule has 0 radical (unpaired) electrons. The Kier molecular flexibility index (Phi) is 7.36. The second-order valence-corrected chi connectivity index (χ2v) is 14.0. The molecular formula is C31H43N3O7. The number of carbonyl (C=O) groups excluding carboxylic acids is 3. The maximum atomic E-state index is 13.8. The lowest BCUT2D eigenvalue weighted by Crippen LogP contribution is -2.58. The first kappa shape index (κ1) is 30.6. The quantitative estimate of drug-likeness (QED) is 0.324. The minimum absolute atomic E-state index is 0.0965. The lowest BCUT2D eigenvalue weighted by Gasteiger charge is -2.46. The number of anilines is 1. The van der Waals surface area contributed by atoms with Crippen molar-refractivity contribution in [3.05, 3.63) is 39.7 Å². The van der Waals surface area contributed by atoms with Crippen LogP contribution in [0.5, 0.6) is 5.75 Å². The number of benzene rings is 1. The molecule has 1 fully saturated rings. The van der Waals surface area contributed by atoms with Crippen LogP contribution in [-0.4, -0.2) is 75.1 Å². The van der Waals surface area contributed by atoms with Gasteiger partial charge < -0.3 is 31.1 Å². The van der Waals surface area contributed by atoms with E-state index in [1.165, 1.54) is 0 Å². The summed E-state index contributed by atoms with van der Waals surface area (Å²) in [5.41, 5.74) is 4.12. The Balaban J connectivity index is 1.85. The number of phenolic OH excluding ortho intramolecular Hbond substituents is 1. The van der Waals surface area contributed by atoms with Crippen molar-refractivity contribution in [1.29, 1.82) is 0 Å². The van der Waals surface area contributed by atoms with Crippen molar-refractivity contribution >= 4 is 28.9 Å². The second kappa shape index (κ2) is 9.87. The van der Waals surface area contributed by atoms with E-state index in [0.717, 1.165) is 17.7 Å². The number of ketones is 2. The first-order chi connectivity index (χ1) is 18.7. The Labute approximate surface area is 241 Å². The normalized spacial score (nSPS) is 24.8. The molecule has 0 heterocycles. The van der Waals surface area contributed by atoms with Crippen molar-refractivity contribution in [1.82, 2.24) is 4.90 Å². The predicted octanol–water partition coefficient (Wildman–Crippen LogP) is 3.14. The molecule has 3 atom stereocenters. The molecule has 3 aliphatic rings. The molecule has 10 heteroatoms. The fourth-order valence-electron chi connectivity index (χ4n) is 7.33. The van der Waals surface area contributed by atoms with Gasteiger partial charge in [-0.2, -0.15) is 0 Å². The largest absolute Gasteiger partial charge is 0.508 e. The zero-order valence-electron chi connectivity index (χ0n) is 25.3. The topological polar surface area (TPSA) is 165 Å². The number of rotatable bonds is 6. The zero-order chi connectivity index (χ0) is 31.0. The van der Waals surface area contributed by atoms with Crippen molar-refractivity contribution in [2.45, 2.75) is 78.0 Å². The molecule has 0 saturated heterocycles. The van der Waals surface area contributed by atoms with Crippen molar-refractivity contribution < 1.29 is 34.8 Å². The maximum absolute atomic E-state index is 13.8. The molecule has 10 nitrogen and oxygen atoms in total. The highest BCUT2D eigenvalue weighted by Crippen LogP contribution is 2.53. The molecule has 1 amide bonds. The Bertz CT molecular complexity index is 1400. The zero-order valence-corrected chi connectivity index (χ0v) is 25.3. The van der Waals surface area contributed by atoms with E-state index in [1.54, 1.807) is 6.07 Å². The van der Waals surface area contributed by atoms with Crippen LogP contribution in [-0.2, 0) is 27.3 Å². The van der Waals surface area contributed by atoms with Gasteiger partial charge in [0.2, 0.25) is 5.78 Å². The lowest BCUT2D eigenvalue weighted by molar-refractivity contribution is -0.147. The average molecular weight is 570 g/mol. The average Bonchev–Trinajstić information content (AvgIpc) is 2.79. The number of primary amides is 1. The van der Waals surface area contributed by atoms with Crippen LogP contribution in [0, 0.1) is 17.3 Å². The van der Waals surface area contributed by atoms with E-state index in [2.05, 4.69) is 39.5 Å². The minimum atomic E-state index is -2.57. The summed E-state index contributed by atoms with van der Waals surface area (Å²) < 4.78 is 0. The summed E-state index contributed by atoms with van der Waals surface area (Å²) in [6.45, 7) is 11.5. The van der Waals surface area contributed by atoms with Crippen LogP contribution in [0.1, 0.15) is 70.6 Å². The SMILES string of the molecule is CN(C)c1c(CN(C)C(C)(C)CC(C)(C)C)cc(O)c2c1CC1C[C@H]3CC(=O)C(C(N)=O)=C(O)[C@@]3(O)C(=O)C1=C2O. The monoisotopic (exact) mass is 569 g/mol. The highest BCUT2D eigenvalue weighted by molar-refractivity contribution is 6.22. The van der Waals surface area contributed by atoms with Gasteiger partial charge in [0, 0.05) is 49.8 Å². The van der Waals surface area contributed by atoms with Crippen LogP contribution in [0.2, 0.25) is 0 Å². The summed E-state index contributed by atoms with van der Waals surface area (Å²) in [5.74, 6) is -6.31. The Hall–Kier alpha value is -3.37. The first-order valence-electron chi connectivity index (χ1n) is 14.0. The standard InChI is InChI=1S/C31H43N3O7/c1-29(2,3)14-30(4,5)34(8)13-16-11-19(35)22-18(24(16)33(6)7)10-15-9-17-12-20(36)23(28(32)40)27(39)31(17,41)26(38)21(15)25(22)37/h11,15,17,35,37,39,41H,9-10,12-14H2,1-8H3,(H2,32,40)/t15?,17-,31-/m0/s1. The van der Waals surface area contributed by atoms with Crippen molar-refractivity contribution in [2.75, 3.05) is 26.0 Å². The Morgan fingerprint density at radius 2 is 1.68 bits per heavy atom. The van der Waals surface area contributed by atoms with Gasteiger partial charge in [-0.25, -0.2) is 0 Å². The van der Waals surface area contributed by atoms with Crippen LogP contribution in [0.4, 0.5) is 5.69 Å². The number of hydrogen-bond donors (Lipinski definition) is 5. The molecule has 0 bridgehead atoms. The van der Waals surface area contributed by atoms with Crippen molar-refractivity contribution in [3.8, 4) is 5.75 Å². The number of aliphatic hydroxyl groups is 3. The number of hydrogen-bond acceptors (Lipinski definition) is 9. The summed E-state index contributed by atoms with van der Waals surface area (Å²) in [6, 6.07) is 1.60. The van der Waals surface area contributed by atoms with Crippen LogP contribution in [0.3, 0.4) is 0 Å². The molecule has 1 aromatic carbocycles. The van der Waals surface area contributed by atoms with Crippen molar-refractivity contribution in [2.24, 2.45) is 23.0 Å². The number of amides is 1. The third kappa shape index (κ3) is 4.91. The molecule has 3 aliphatic carbocycles. The molecule has 0 spiro atoms. The molecule has 0 aromatic heterocycles. The van der Waals surface area contributed by atoms with Gasteiger partial charge in [-0.3, -0.25) is 19.3 Å². The molecule has 6 N–H and O–H groups in total. The van der Waals surface area contributed by atoms with Gasteiger partial charge in [0.15, 0.2) is 11.4 Å². The summed E-state index contributed by atoms with van der Waals surface area (Å²) >= 11 is 0. The third-order valence-corrected chi connectivity index (χ3v) is 8.97. The number of phenols is 1. The van der Waals surface area contributed by atoms with E-state index in [1.807, 2.05) is 26.0 Å². The van der Waals surface area contributed by atoms with Crippen LogP contribution in [0.25, 0.3) is 5.76 Å². The summed E-state index contributed by atoms with van der Waals surface area (Å²) in [5, 5.41) is 44.9. The number of carbonyl (C=O) groups is 3. The van der Waals surface area contributed by atoms with Gasteiger partial charge in [0.05, 0.1) is 5.56 Å². The fourth-order valence-corrected chi connectivity index (χ4v) is 7.33. The van der Waals surface area contributed by atoms with E-state index < -0.39 is 52.0 Å². The molecular weight excluding hydrogens is 526 g/mol. The van der Waals surface area contributed by atoms with Gasteiger partial charge in [-0.15, -0.1) is 0 Å². The highest BCUT2D eigenvalue weighted by Gasteiger charge is 2.60. The van der Waals surface area contributed by atoms with Gasteiger partial charge in [0.1, 0.15) is 22.8 Å². The van der Waals surface area contributed by atoms with E-state index >= 15 is 0 Å². The van der Waals surface area contributed by atoms with Crippen LogP contribution in [0.15, 0.2) is 23.0 Å². The van der Waals surface area contributed by atoms with Gasteiger partial charge in [0.25, 0.3) is 5.91 Å². The molecule has 41 heavy (non-hydrogen) atoms. The van der Waals surface area contributed by atoms with E-state index in [9.17, 15) is 34.8 Å². The number of Topliss-reactive ketones (excluding diaryl/α,β-unsaturated/α-hetero) is 2. The minimum Gasteiger partial charge on any atom is -0.508 e. The summed E-state index contributed by atoms with van der Waals surface area (Å²) in [6.07, 6.45) is 0.947. The fraction of sp³-hybridized carbons (Fsp3) is 0.581. The maximum Gasteiger partial charge on any atom is 0.255 e. The predicted molar refractivity (Wildman–Crippen MR) is 155 cm³/mol. The number of nitrogens with two attached hydrogens (primary N) is 1. The molecule has 0 aliphatic heterocycles. The van der Waals surface area contributed by atoms with E-state index in [-0.39, 0.29) is 47.1 Å². The highest BCUT2D eigenvalue weighted by atomic mass is 16.3. The molecule has 224 valence electrons. The Morgan fingerprint density at radius 3 is 2.22 bits per heavy atom. The molecule has 4 rings (SSSR count). The summed E-state index contributed by atoms with van der Waals surface area (Å²) in [7, 11) is 5.80. The smallest absolute Gasteiger partial charge is 0.255 e. The number of nitrogens with zero attached hydrogens (tertiary/aromatic N) is 2. The second-order valence-electron chi connectivity index (χ2n) is 14.0. The molecule has 1 saturated carbocycles. The van der Waals surface area contributed by atoms with Gasteiger partial charge >= 0.3 is 0 Å². The number of fused-ring (bicyclic) bond motifs is 3. The van der Waals surface area contributed by atoms with Crippen LogP contribution >= 0.6 is 0 Å². The number of aliphatic hydroxyl groups excluding tert-OH is 2. The Morgan fingerprint density at radius 1 is 1.07 bits per heavy atom.